The van der Waals surface area contributed by atoms with Crippen LogP contribution in [-0.2, 0) is 11.8 Å². The molecule has 5 nitrogen and oxygen atoms in total. The molecule has 2 aromatic rings. The number of nitrogens with one attached hydrogen (secondary N) is 1. The number of anilines is 2. The normalized spacial score (nSPS) is 10.9. The summed E-state index contributed by atoms with van der Waals surface area (Å²) >= 11 is 1.57. The van der Waals surface area contributed by atoms with Gasteiger partial charge in [-0.3, -0.25) is 9.48 Å². The molecule has 0 aliphatic rings. The molecule has 0 saturated carbocycles. The number of benzene rings is 1. The number of hydrogen-bond acceptors (Lipinski definition) is 4. The van der Waals surface area contributed by atoms with Gasteiger partial charge in [0.1, 0.15) is 5.03 Å². The van der Waals surface area contributed by atoms with E-state index in [4.69, 9.17) is 5.73 Å². The average Bonchev–Trinajstić information content (AvgIpc) is 2.68. The minimum absolute atomic E-state index is 0.0761. The van der Waals surface area contributed by atoms with E-state index in [-0.39, 0.29) is 5.91 Å². The molecule has 0 fully saturated rings. The second-order valence-corrected chi connectivity index (χ2v) is 6.25. The van der Waals surface area contributed by atoms with Crippen LogP contribution in [0.2, 0.25) is 0 Å². The number of nitrogens with two attached hydrogens (primary N) is 1. The minimum Gasteiger partial charge on any atom is -0.395 e. The predicted molar refractivity (Wildman–Crippen MR) is 86.6 cm³/mol. The molecule has 112 valence electrons. The quantitative estimate of drug-likeness (QED) is 0.909. The number of hydrogen-bond donors (Lipinski definition) is 2. The molecule has 0 radical (unpaired) electrons. The molecule has 3 N–H and O–H groups in total. The Morgan fingerprint density at radius 2 is 1.95 bits per heavy atom. The van der Waals surface area contributed by atoms with Crippen LogP contribution in [0.3, 0.4) is 0 Å². The lowest BCUT2D eigenvalue weighted by atomic mass is 10.1. The summed E-state index contributed by atoms with van der Waals surface area (Å²) < 4.78 is 1.82. The maximum Gasteiger partial charge on any atom is 0.221 e. The zero-order valence-electron chi connectivity index (χ0n) is 12.7. The monoisotopic (exact) mass is 304 g/mol. The average molecular weight is 304 g/mol. The molecule has 1 amide bonds. The first-order valence-corrected chi connectivity index (χ1v) is 7.58. The molecule has 0 saturated heterocycles. The van der Waals surface area contributed by atoms with E-state index in [1.807, 2.05) is 36.0 Å². The van der Waals surface area contributed by atoms with Crippen molar-refractivity contribution in [1.82, 2.24) is 9.78 Å². The van der Waals surface area contributed by atoms with Gasteiger partial charge in [-0.2, -0.15) is 5.10 Å². The number of nitrogen functional groups attached to an aromatic ring is 1. The van der Waals surface area contributed by atoms with Crippen molar-refractivity contribution in [1.29, 1.82) is 0 Å². The van der Waals surface area contributed by atoms with Gasteiger partial charge in [0.05, 0.1) is 11.4 Å². The second kappa shape index (κ2) is 6.22. The van der Waals surface area contributed by atoms with Crippen LogP contribution in [-0.4, -0.2) is 15.7 Å². The molecule has 1 aromatic heterocycles. The van der Waals surface area contributed by atoms with Gasteiger partial charge < -0.3 is 11.1 Å². The van der Waals surface area contributed by atoms with E-state index in [0.717, 1.165) is 27.0 Å². The number of amides is 1. The van der Waals surface area contributed by atoms with E-state index in [1.165, 1.54) is 6.92 Å². The molecule has 0 aliphatic heterocycles. The number of aromatic nitrogens is 2. The molecule has 1 heterocycles. The van der Waals surface area contributed by atoms with E-state index >= 15 is 0 Å². The summed E-state index contributed by atoms with van der Waals surface area (Å²) in [6.07, 6.45) is 0. The third-order valence-electron chi connectivity index (χ3n) is 2.99. The van der Waals surface area contributed by atoms with Gasteiger partial charge in [0.15, 0.2) is 0 Å². The third kappa shape index (κ3) is 3.58. The summed E-state index contributed by atoms with van der Waals surface area (Å²) in [5.74, 6) is 0.223. The van der Waals surface area contributed by atoms with E-state index in [0.29, 0.717) is 5.92 Å². The fourth-order valence-corrected chi connectivity index (χ4v) is 2.90. The Morgan fingerprint density at radius 1 is 1.33 bits per heavy atom. The minimum atomic E-state index is -0.0761. The molecule has 0 aliphatic carbocycles. The maximum absolute atomic E-state index is 11.0. The Morgan fingerprint density at radius 3 is 2.43 bits per heavy atom. The molecule has 2 rings (SSSR count). The summed E-state index contributed by atoms with van der Waals surface area (Å²) in [6, 6.07) is 7.66. The second-order valence-electron chi connectivity index (χ2n) is 5.19. The van der Waals surface area contributed by atoms with Crippen molar-refractivity contribution < 1.29 is 4.79 Å². The molecule has 1 aromatic carbocycles. The number of nitrogens with zero attached hydrogens (tertiary/aromatic N) is 2. The van der Waals surface area contributed by atoms with Gasteiger partial charge in [-0.25, -0.2) is 0 Å². The molecule has 0 unspecified atom stereocenters. The van der Waals surface area contributed by atoms with Gasteiger partial charge in [0, 0.05) is 24.6 Å². The van der Waals surface area contributed by atoms with Crippen molar-refractivity contribution in [2.45, 2.75) is 36.6 Å². The Balaban J connectivity index is 2.20. The molecule has 0 spiro atoms. The van der Waals surface area contributed by atoms with Gasteiger partial charge in [-0.1, -0.05) is 25.6 Å². The van der Waals surface area contributed by atoms with Crippen LogP contribution in [0, 0.1) is 0 Å². The molecule has 6 heteroatoms. The molecular formula is C15H20N4OS. The first-order valence-electron chi connectivity index (χ1n) is 6.76. The van der Waals surface area contributed by atoms with Crippen LogP contribution >= 0.6 is 11.8 Å². The van der Waals surface area contributed by atoms with E-state index < -0.39 is 0 Å². The highest BCUT2D eigenvalue weighted by Crippen LogP contribution is 2.36. The third-order valence-corrected chi connectivity index (χ3v) is 4.18. The molecule has 0 bridgehead atoms. The van der Waals surface area contributed by atoms with E-state index in [9.17, 15) is 4.79 Å². The maximum atomic E-state index is 11.0. The van der Waals surface area contributed by atoms with Crippen LogP contribution in [0.15, 0.2) is 34.2 Å². The fourth-order valence-electron chi connectivity index (χ4n) is 2.01. The van der Waals surface area contributed by atoms with E-state index in [1.54, 1.807) is 11.8 Å². The Kier molecular flexibility index (Phi) is 4.57. The molecule has 0 atom stereocenters. The van der Waals surface area contributed by atoms with Gasteiger partial charge in [-0.15, -0.1) is 0 Å². The highest BCUT2D eigenvalue weighted by atomic mass is 32.2. The molecular weight excluding hydrogens is 284 g/mol. The first kappa shape index (κ1) is 15.4. The lowest BCUT2D eigenvalue weighted by molar-refractivity contribution is -0.114. The summed E-state index contributed by atoms with van der Waals surface area (Å²) in [6.45, 7) is 5.65. The summed E-state index contributed by atoms with van der Waals surface area (Å²) in [5.41, 5.74) is 8.64. The Bertz CT molecular complexity index is 646. The van der Waals surface area contributed by atoms with Crippen LogP contribution in [0.25, 0.3) is 0 Å². The van der Waals surface area contributed by atoms with Gasteiger partial charge in [-0.05, 0) is 30.2 Å². The van der Waals surface area contributed by atoms with Gasteiger partial charge in [0.2, 0.25) is 5.91 Å². The van der Waals surface area contributed by atoms with Crippen molar-refractivity contribution in [3.63, 3.8) is 0 Å². The zero-order chi connectivity index (χ0) is 15.6. The van der Waals surface area contributed by atoms with E-state index in [2.05, 4.69) is 24.3 Å². The summed E-state index contributed by atoms with van der Waals surface area (Å²) in [4.78, 5) is 12.1. The standard InChI is InChI=1S/C15H20N4OS/c1-9(2)14-13(16)15(19(4)18-14)21-12-7-5-11(6-8-12)17-10(3)20/h5-9H,16H2,1-4H3,(H,17,20). The van der Waals surface area contributed by atoms with Crippen LogP contribution in [0.1, 0.15) is 32.4 Å². The fraction of sp³-hybridized carbons (Fsp3) is 0.333. The topological polar surface area (TPSA) is 72.9 Å². The van der Waals surface area contributed by atoms with Gasteiger partial charge >= 0.3 is 0 Å². The van der Waals surface area contributed by atoms with Crippen molar-refractivity contribution in [3.8, 4) is 0 Å². The van der Waals surface area contributed by atoms with Crippen LogP contribution in [0.4, 0.5) is 11.4 Å². The van der Waals surface area contributed by atoms with Gasteiger partial charge in [0.25, 0.3) is 0 Å². The summed E-state index contributed by atoms with van der Waals surface area (Å²) in [7, 11) is 1.90. The Hall–Kier alpha value is -1.95. The SMILES string of the molecule is CC(=O)Nc1ccc(Sc2c(N)c(C(C)C)nn2C)cc1. The highest BCUT2D eigenvalue weighted by Gasteiger charge is 2.16. The van der Waals surface area contributed by atoms with Crippen molar-refractivity contribution in [2.75, 3.05) is 11.1 Å². The van der Waals surface area contributed by atoms with Crippen molar-refractivity contribution in [2.24, 2.45) is 7.05 Å². The summed E-state index contributed by atoms with van der Waals surface area (Å²) in [5, 5.41) is 8.16. The largest absolute Gasteiger partial charge is 0.395 e. The zero-order valence-corrected chi connectivity index (χ0v) is 13.5. The van der Waals surface area contributed by atoms with Crippen LogP contribution in [0.5, 0.6) is 0 Å². The lowest BCUT2D eigenvalue weighted by Gasteiger charge is -2.06. The van der Waals surface area contributed by atoms with Crippen molar-refractivity contribution in [3.05, 3.63) is 30.0 Å². The number of rotatable bonds is 4. The predicted octanol–water partition coefficient (Wildman–Crippen LogP) is 3.24. The lowest BCUT2D eigenvalue weighted by Crippen LogP contribution is -2.05. The first-order chi connectivity index (χ1) is 9.88. The number of carbonyl (C=O) groups excluding carboxylic acids is 1. The van der Waals surface area contributed by atoms with Crippen molar-refractivity contribution >= 4 is 29.0 Å². The Labute approximate surface area is 128 Å². The number of carbonyl (C=O) groups is 1. The highest BCUT2D eigenvalue weighted by molar-refractivity contribution is 7.99. The smallest absolute Gasteiger partial charge is 0.221 e. The number of aryl methyl sites for hydroxylation is 1. The molecule has 21 heavy (non-hydrogen) atoms. The van der Waals surface area contributed by atoms with Crippen LogP contribution < -0.4 is 11.1 Å².